The molecule has 26 heavy (non-hydrogen) atoms. The Labute approximate surface area is 167 Å². The highest BCUT2D eigenvalue weighted by Crippen LogP contribution is 2.55. The molecule has 4 heteroatoms. The summed E-state index contributed by atoms with van der Waals surface area (Å²) in [6, 6.07) is 16.9. The van der Waals surface area contributed by atoms with Gasteiger partial charge in [0.2, 0.25) is 0 Å². The van der Waals surface area contributed by atoms with Gasteiger partial charge in [-0.2, -0.15) is 0 Å². The zero-order valence-electron chi connectivity index (χ0n) is 13.8. The van der Waals surface area contributed by atoms with E-state index in [1.807, 2.05) is 0 Å². The van der Waals surface area contributed by atoms with Gasteiger partial charge in [0.25, 0.3) is 0 Å². The molecule has 3 atom stereocenters. The molecule has 3 aromatic rings. The van der Waals surface area contributed by atoms with Gasteiger partial charge in [0.1, 0.15) is 0 Å². The molecule has 1 aliphatic carbocycles. The van der Waals surface area contributed by atoms with E-state index in [-0.39, 0.29) is 12.0 Å². The first-order chi connectivity index (χ1) is 12.6. The maximum atomic E-state index is 6.57. The number of nitrogens with one attached hydrogen (secondary N) is 1. The molecule has 0 saturated carbocycles. The molecule has 0 radical (unpaired) electrons. The first-order valence-corrected chi connectivity index (χ1v) is 9.87. The van der Waals surface area contributed by atoms with E-state index in [0.717, 1.165) is 17.7 Å². The van der Waals surface area contributed by atoms with Crippen molar-refractivity contribution < 1.29 is 0 Å². The molecule has 1 aliphatic heterocycles. The lowest BCUT2D eigenvalue weighted by Crippen LogP contribution is -2.29. The van der Waals surface area contributed by atoms with Gasteiger partial charge in [0.05, 0.1) is 26.8 Å². The predicted octanol–water partition coefficient (Wildman–Crippen LogP) is 7.63. The first kappa shape index (κ1) is 16.5. The highest BCUT2D eigenvalue weighted by Gasteiger charge is 2.40. The molecule has 5 rings (SSSR count). The summed E-state index contributed by atoms with van der Waals surface area (Å²) >= 11 is 19.4. The molecule has 0 bridgehead atoms. The second-order valence-corrected chi connectivity index (χ2v) is 8.18. The van der Waals surface area contributed by atoms with Crippen LogP contribution in [0, 0.1) is 5.92 Å². The second kappa shape index (κ2) is 6.20. The molecule has 0 spiro atoms. The van der Waals surface area contributed by atoms with E-state index in [1.165, 1.54) is 16.3 Å². The van der Waals surface area contributed by atoms with Gasteiger partial charge in [-0.05, 0) is 34.7 Å². The second-order valence-electron chi connectivity index (χ2n) is 6.99. The number of hydrogen-bond acceptors (Lipinski definition) is 1. The van der Waals surface area contributed by atoms with Crippen molar-refractivity contribution in [2.45, 2.75) is 18.4 Å². The number of rotatable bonds is 1. The Kier molecular flexibility index (Phi) is 3.93. The fourth-order valence-corrected chi connectivity index (χ4v) is 5.30. The van der Waals surface area contributed by atoms with Crippen LogP contribution in [0.1, 0.15) is 29.5 Å². The Morgan fingerprint density at radius 3 is 2.62 bits per heavy atom. The van der Waals surface area contributed by atoms with Crippen LogP contribution in [0.4, 0.5) is 5.69 Å². The summed E-state index contributed by atoms with van der Waals surface area (Å²) in [4.78, 5) is 0. The Balaban J connectivity index is 1.72. The fraction of sp³-hybridized carbons (Fsp3) is 0.182. The lowest BCUT2D eigenvalue weighted by molar-refractivity contribution is 0.427. The Morgan fingerprint density at radius 2 is 1.73 bits per heavy atom. The van der Waals surface area contributed by atoms with E-state index in [4.69, 9.17) is 34.8 Å². The van der Waals surface area contributed by atoms with Crippen LogP contribution >= 0.6 is 34.8 Å². The van der Waals surface area contributed by atoms with Crippen LogP contribution in [0.2, 0.25) is 15.1 Å². The van der Waals surface area contributed by atoms with Crippen molar-refractivity contribution in [3.8, 4) is 0 Å². The SMILES string of the molecule is Clc1cc(Cl)c2c(c1Cl)C1C=CCC1C(c1cccc3ccccc13)N2. The van der Waals surface area contributed by atoms with Gasteiger partial charge in [-0.3, -0.25) is 0 Å². The lowest BCUT2D eigenvalue weighted by Gasteiger charge is -2.39. The summed E-state index contributed by atoms with van der Waals surface area (Å²) in [6.07, 6.45) is 5.50. The zero-order chi connectivity index (χ0) is 17.8. The van der Waals surface area contributed by atoms with Crippen LogP contribution in [0.25, 0.3) is 10.8 Å². The number of benzene rings is 3. The average molecular weight is 401 g/mol. The van der Waals surface area contributed by atoms with Crippen molar-refractivity contribution in [1.29, 1.82) is 0 Å². The smallest absolute Gasteiger partial charge is 0.0656 e. The van der Waals surface area contributed by atoms with Gasteiger partial charge in [0.15, 0.2) is 0 Å². The molecule has 3 unspecified atom stereocenters. The Hall–Kier alpha value is -1.67. The molecular formula is C22H16Cl3N. The number of anilines is 1. The summed E-state index contributed by atoms with van der Waals surface area (Å²) in [5.41, 5.74) is 3.24. The van der Waals surface area contributed by atoms with Gasteiger partial charge < -0.3 is 5.32 Å². The maximum Gasteiger partial charge on any atom is 0.0656 e. The molecular weight excluding hydrogens is 385 g/mol. The number of halogens is 3. The summed E-state index contributed by atoms with van der Waals surface area (Å²) < 4.78 is 0. The minimum Gasteiger partial charge on any atom is -0.376 e. The van der Waals surface area contributed by atoms with Crippen molar-refractivity contribution >= 4 is 51.3 Å². The molecule has 1 N–H and O–H groups in total. The van der Waals surface area contributed by atoms with Crippen LogP contribution in [-0.2, 0) is 0 Å². The number of allylic oxidation sites excluding steroid dienone is 2. The summed E-state index contributed by atoms with van der Waals surface area (Å²) in [5.74, 6) is 0.610. The normalized spacial score (nSPS) is 23.6. The van der Waals surface area contributed by atoms with E-state index in [2.05, 4.69) is 59.9 Å². The van der Waals surface area contributed by atoms with Crippen molar-refractivity contribution in [3.63, 3.8) is 0 Å². The summed E-state index contributed by atoms with van der Waals surface area (Å²) in [5, 5.41) is 7.97. The Bertz CT molecular complexity index is 1050. The van der Waals surface area contributed by atoms with Gasteiger partial charge >= 0.3 is 0 Å². The minimum atomic E-state index is 0.170. The van der Waals surface area contributed by atoms with Gasteiger partial charge in [-0.1, -0.05) is 89.4 Å². The topological polar surface area (TPSA) is 12.0 Å². The van der Waals surface area contributed by atoms with Gasteiger partial charge in [-0.15, -0.1) is 0 Å². The first-order valence-electron chi connectivity index (χ1n) is 8.73. The van der Waals surface area contributed by atoms with Gasteiger partial charge in [-0.25, -0.2) is 0 Å². The number of fused-ring (bicyclic) bond motifs is 4. The molecule has 0 saturated heterocycles. The molecule has 1 nitrogen and oxygen atoms in total. The summed E-state index contributed by atoms with van der Waals surface area (Å²) in [6.45, 7) is 0. The van der Waals surface area contributed by atoms with Crippen molar-refractivity contribution in [2.24, 2.45) is 5.92 Å². The van der Waals surface area contributed by atoms with Crippen molar-refractivity contribution in [1.82, 2.24) is 0 Å². The van der Waals surface area contributed by atoms with E-state index in [1.54, 1.807) is 6.07 Å². The molecule has 2 aliphatic rings. The largest absolute Gasteiger partial charge is 0.376 e. The highest BCUT2D eigenvalue weighted by atomic mass is 35.5. The minimum absolute atomic E-state index is 0.170. The quantitative estimate of drug-likeness (QED) is 0.327. The Morgan fingerprint density at radius 1 is 0.923 bits per heavy atom. The van der Waals surface area contributed by atoms with Crippen LogP contribution in [0.15, 0.2) is 60.7 Å². The van der Waals surface area contributed by atoms with E-state index in [0.29, 0.717) is 21.0 Å². The molecule has 0 amide bonds. The third kappa shape index (κ3) is 2.38. The highest BCUT2D eigenvalue weighted by molar-refractivity contribution is 6.44. The third-order valence-corrected chi connectivity index (χ3v) is 6.74. The average Bonchev–Trinajstić information content (AvgIpc) is 3.14. The third-order valence-electron chi connectivity index (χ3n) is 5.64. The predicted molar refractivity (Wildman–Crippen MR) is 112 cm³/mol. The van der Waals surface area contributed by atoms with Crippen molar-refractivity contribution in [2.75, 3.05) is 5.32 Å². The molecule has 130 valence electrons. The molecule has 1 heterocycles. The maximum absolute atomic E-state index is 6.57. The lowest BCUT2D eigenvalue weighted by atomic mass is 9.76. The number of hydrogen-bond donors (Lipinski definition) is 1. The van der Waals surface area contributed by atoms with Crippen LogP contribution < -0.4 is 5.32 Å². The standard InChI is InChI=1S/C22H16Cl3N/c23-17-11-18(24)22-19(20(17)25)14-8-4-10-16(14)21(26-22)15-9-3-6-12-5-1-2-7-13(12)15/h1-9,11,14,16,21,26H,10H2. The molecule has 0 aromatic heterocycles. The van der Waals surface area contributed by atoms with E-state index >= 15 is 0 Å². The monoisotopic (exact) mass is 399 g/mol. The zero-order valence-corrected chi connectivity index (χ0v) is 16.1. The summed E-state index contributed by atoms with van der Waals surface area (Å²) in [7, 11) is 0. The van der Waals surface area contributed by atoms with Crippen molar-refractivity contribution in [3.05, 3.63) is 86.9 Å². The van der Waals surface area contributed by atoms with Crippen LogP contribution in [-0.4, -0.2) is 0 Å². The molecule has 0 fully saturated rings. The van der Waals surface area contributed by atoms with E-state index in [9.17, 15) is 0 Å². The fourth-order valence-electron chi connectivity index (χ4n) is 4.49. The van der Waals surface area contributed by atoms with Gasteiger partial charge in [0, 0.05) is 11.5 Å². The molecule has 3 aromatic carbocycles. The van der Waals surface area contributed by atoms with E-state index < -0.39 is 0 Å². The van der Waals surface area contributed by atoms with Crippen LogP contribution in [0.5, 0.6) is 0 Å². The van der Waals surface area contributed by atoms with Crippen LogP contribution in [0.3, 0.4) is 0 Å².